The summed E-state index contributed by atoms with van der Waals surface area (Å²) in [5, 5.41) is 1.11. The molecule has 7 heteroatoms. The summed E-state index contributed by atoms with van der Waals surface area (Å²) in [5.74, 6) is 0.758. The highest BCUT2D eigenvalue weighted by Gasteiger charge is 2.32. The largest absolute Gasteiger partial charge is 0.434 e. The number of hydrogen-bond acceptors (Lipinski definition) is 4. The fourth-order valence-corrected chi connectivity index (χ4v) is 4.91. The monoisotopic (exact) mass is 428 g/mol. The van der Waals surface area contributed by atoms with E-state index in [4.69, 9.17) is 11.6 Å². The minimum atomic E-state index is -2.89. The molecule has 154 valence electrons. The Morgan fingerprint density at radius 2 is 2.07 bits per heavy atom. The third-order valence-corrected chi connectivity index (χ3v) is 6.98. The first-order valence-electron chi connectivity index (χ1n) is 9.59. The van der Waals surface area contributed by atoms with E-state index in [1.165, 1.54) is 30.2 Å². The van der Waals surface area contributed by atoms with Crippen molar-refractivity contribution in [3.8, 4) is 16.3 Å². The summed E-state index contributed by atoms with van der Waals surface area (Å²) in [4.78, 5) is 8.11. The van der Waals surface area contributed by atoms with Gasteiger partial charge in [0.05, 0.1) is 5.56 Å². The van der Waals surface area contributed by atoms with Crippen molar-refractivity contribution < 1.29 is 13.5 Å². The molecule has 1 fully saturated rings. The van der Waals surface area contributed by atoms with Crippen LogP contribution >= 0.6 is 22.9 Å². The fraction of sp³-hybridized carbons (Fsp3) is 0.571. The molecule has 28 heavy (non-hydrogen) atoms. The number of rotatable bonds is 5. The predicted octanol–water partition coefficient (Wildman–Crippen LogP) is 6.88. The average Bonchev–Trinajstić information content (AvgIpc) is 3.11. The van der Waals surface area contributed by atoms with Crippen molar-refractivity contribution in [2.24, 2.45) is 11.3 Å². The first-order valence-corrected chi connectivity index (χ1v) is 10.8. The number of alkyl halides is 2. The molecule has 1 aromatic heterocycles. The predicted molar refractivity (Wildman–Crippen MR) is 111 cm³/mol. The Kier molecular flexibility index (Phi) is 6.62. The molecule has 2 aromatic rings. The fourth-order valence-electron chi connectivity index (χ4n) is 3.72. The van der Waals surface area contributed by atoms with Crippen LogP contribution in [0.15, 0.2) is 24.4 Å². The van der Waals surface area contributed by atoms with Crippen LogP contribution in [-0.2, 0) is 0 Å². The second-order valence-electron chi connectivity index (χ2n) is 8.46. The SMILES string of the molecule is CC(c1cnc(-c2cc(Cl)ccc2OC(F)F)s1)N1CCCC(C(C)(C)C)C1. The third kappa shape index (κ3) is 5.02. The molecular formula is C21H27ClF2N2OS. The van der Waals surface area contributed by atoms with Gasteiger partial charge in [0.15, 0.2) is 0 Å². The van der Waals surface area contributed by atoms with Gasteiger partial charge in [-0.2, -0.15) is 8.78 Å². The van der Waals surface area contributed by atoms with Crippen LogP contribution in [0.4, 0.5) is 8.78 Å². The molecule has 2 heterocycles. The zero-order chi connectivity index (χ0) is 20.5. The Morgan fingerprint density at radius 3 is 2.75 bits per heavy atom. The molecule has 2 atom stereocenters. The quantitative estimate of drug-likeness (QED) is 0.518. The van der Waals surface area contributed by atoms with Crippen molar-refractivity contribution in [3.63, 3.8) is 0 Å². The topological polar surface area (TPSA) is 25.4 Å². The lowest BCUT2D eigenvalue weighted by molar-refractivity contribution is -0.0494. The number of ether oxygens (including phenoxy) is 1. The summed E-state index contributed by atoms with van der Waals surface area (Å²) in [5.41, 5.74) is 0.794. The number of aromatic nitrogens is 1. The van der Waals surface area contributed by atoms with Gasteiger partial charge in [-0.1, -0.05) is 32.4 Å². The Bertz CT molecular complexity index is 806. The van der Waals surface area contributed by atoms with Crippen LogP contribution in [0.5, 0.6) is 5.75 Å². The smallest absolute Gasteiger partial charge is 0.387 e. The van der Waals surface area contributed by atoms with E-state index >= 15 is 0 Å². The maximum absolute atomic E-state index is 12.7. The minimum absolute atomic E-state index is 0.0960. The van der Waals surface area contributed by atoms with Gasteiger partial charge < -0.3 is 4.74 Å². The van der Waals surface area contributed by atoms with E-state index in [9.17, 15) is 8.78 Å². The van der Waals surface area contributed by atoms with Crippen LogP contribution in [0.25, 0.3) is 10.6 Å². The summed E-state index contributed by atoms with van der Waals surface area (Å²) < 4.78 is 30.2. The lowest BCUT2D eigenvalue weighted by atomic mass is 9.76. The van der Waals surface area contributed by atoms with Crippen molar-refractivity contribution in [1.82, 2.24) is 9.88 Å². The van der Waals surface area contributed by atoms with Crippen LogP contribution in [0.2, 0.25) is 5.02 Å². The Morgan fingerprint density at radius 1 is 1.32 bits per heavy atom. The molecule has 0 bridgehead atoms. The van der Waals surface area contributed by atoms with Gasteiger partial charge in [0.25, 0.3) is 0 Å². The van der Waals surface area contributed by atoms with Gasteiger partial charge in [-0.25, -0.2) is 4.98 Å². The van der Waals surface area contributed by atoms with E-state index in [2.05, 4.69) is 42.3 Å². The molecule has 1 aromatic carbocycles. The second-order valence-corrected chi connectivity index (χ2v) is 9.96. The number of nitrogens with zero attached hydrogens (tertiary/aromatic N) is 2. The highest BCUT2D eigenvalue weighted by Crippen LogP contribution is 2.40. The van der Waals surface area contributed by atoms with Gasteiger partial charge in [0, 0.05) is 28.7 Å². The van der Waals surface area contributed by atoms with E-state index in [0.717, 1.165) is 18.0 Å². The molecule has 2 unspecified atom stereocenters. The first kappa shape index (κ1) is 21.5. The number of likely N-dealkylation sites (tertiary alicyclic amines) is 1. The van der Waals surface area contributed by atoms with Crippen LogP contribution in [0.1, 0.15) is 51.5 Å². The number of hydrogen-bond donors (Lipinski definition) is 0. The molecule has 0 radical (unpaired) electrons. The van der Waals surface area contributed by atoms with Gasteiger partial charge in [-0.05, 0) is 55.8 Å². The zero-order valence-electron chi connectivity index (χ0n) is 16.7. The lowest BCUT2D eigenvalue weighted by Crippen LogP contribution is -2.41. The van der Waals surface area contributed by atoms with Crippen LogP contribution in [-0.4, -0.2) is 29.6 Å². The highest BCUT2D eigenvalue weighted by molar-refractivity contribution is 7.15. The molecule has 0 saturated carbocycles. The molecule has 0 spiro atoms. The van der Waals surface area contributed by atoms with Crippen LogP contribution in [0, 0.1) is 11.3 Å². The molecule has 0 aliphatic carbocycles. The standard InChI is InChI=1S/C21H27ClF2N2OS/c1-13(26-9-5-6-14(12-26)21(2,3)4)18-11-25-19(28-18)16-10-15(22)7-8-17(16)27-20(23)24/h7-8,10-11,13-14,20H,5-6,9,12H2,1-4H3. The van der Waals surface area contributed by atoms with Gasteiger partial charge in [0.1, 0.15) is 10.8 Å². The molecular weight excluding hydrogens is 402 g/mol. The van der Waals surface area contributed by atoms with E-state index < -0.39 is 6.61 Å². The Hall–Kier alpha value is -1.24. The van der Waals surface area contributed by atoms with Crippen LogP contribution < -0.4 is 4.74 Å². The molecule has 3 rings (SSSR count). The number of halogens is 3. The Balaban J connectivity index is 1.81. The normalized spacial score (nSPS) is 19.8. The lowest BCUT2D eigenvalue weighted by Gasteiger charge is -2.42. The van der Waals surface area contributed by atoms with Crippen molar-refractivity contribution in [2.45, 2.75) is 53.2 Å². The zero-order valence-corrected chi connectivity index (χ0v) is 18.3. The second kappa shape index (κ2) is 8.64. The van der Waals surface area contributed by atoms with Crippen LogP contribution in [0.3, 0.4) is 0 Å². The summed E-state index contributed by atoms with van der Waals surface area (Å²) in [7, 11) is 0. The molecule has 3 nitrogen and oxygen atoms in total. The van der Waals surface area contributed by atoms with Crippen molar-refractivity contribution in [2.75, 3.05) is 13.1 Å². The van der Waals surface area contributed by atoms with Gasteiger partial charge in [0.2, 0.25) is 0 Å². The maximum Gasteiger partial charge on any atom is 0.387 e. The van der Waals surface area contributed by atoms with Gasteiger partial charge in [-0.15, -0.1) is 11.3 Å². The average molecular weight is 429 g/mol. The van der Waals surface area contributed by atoms with E-state index in [1.807, 2.05) is 6.20 Å². The molecule has 0 N–H and O–H groups in total. The van der Waals surface area contributed by atoms with Crippen molar-refractivity contribution in [3.05, 3.63) is 34.3 Å². The number of thiazole rings is 1. The van der Waals surface area contributed by atoms with Crippen molar-refractivity contribution in [1.29, 1.82) is 0 Å². The number of piperidine rings is 1. The minimum Gasteiger partial charge on any atom is -0.434 e. The van der Waals surface area contributed by atoms with E-state index in [0.29, 0.717) is 26.9 Å². The maximum atomic E-state index is 12.7. The summed E-state index contributed by atoms with van der Waals surface area (Å²) in [6.45, 7) is 8.35. The molecule has 0 amide bonds. The van der Waals surface area contributed by atoms with Gasteiger partial charge >= 0.3 is 6.61 Å². The first-order chi connectivity index (χ1) is 13.1. The Labute approximate surface area is 174 Å². The third-order valence-electron chi connectivity index (χ3n) is 5.55. The van der Waals surface area contributed by atoms with E-state index in [-0.39, 0.29) is 11.8 Å². The summed E-state index contributed by atoms with van der Waals surface area (Å²) in [6, 6.07) is 4.87. The highest BCUT2D eigenvalue weighted by atomic mass is 35.5. The molecule has 1 aliphatic rings. The molecule has 1 saturated heterocycles. The van der Waals surface area contributed by atoms with E-state index in [1.54, 1.807) is 12.1 Å². The molecule has 1 aliphatic heterocycles. The summed E-state index contributed by atoms with van der Waals surface area (Å²) >= 11 is 7.59. The van der Waals surface area contributed by atoms with Crippen molar-refractivity contribution >= 4 is 22.9 Å². The summed E-state index contributed by atoms with van der Waals surface area (Å²) in [6.07, 6.45) is 4.30. The van der Waals surface area contributed by atoms with Gasteiger partial charge in [-0.3, -0.25) is 4.90 Å². The number of benzene rings is 1.